The lowest BCUT2D eigenvalue weighted by molar-refractivity contribution is 0.300. The van der Waals surface area contributed by atoms with Crippen LogP contribution >= 0.6 is 11.3 Å². The lowest BCUT2D eigenvalue weighted by Crippen LogP contribution is -2.17. The van der Waals surface area contributed by atoms with Gasteiger partial charge in [-0.25, -0.2) is 9.37 Å². The standard InChI is InChI=1S/C20H21FN2O2S/c1-23(11-15-4-3-5-19(10-15)24-2)12-17-14-26-20(22-17)13-25-18-8-6-16(21)7-9-18/h3-10,14H,11-13H2,1-2H3. The molecule has 26 heavy (non-hydrogen) atoms. The summed E-state index contributed by atoms with van der Waals surface area (Å²) < 4.78 is 23.8. The molecular weight excluding hydrogens is 351 g/mol. The van der Waals surface area contributed by atoms with E-state index in [1.54, 1.807) is 30.6 Å². The van der Waals surface area contributed by atoms with Gasteiger partial charge in [-0.3, -0.25) is 4.90 Å². The highest BCUT2D eigenvalue weighted by Gasteiger charge is 2.08. The maximum absolute atomic E-state index is 12.9. The highest BCUT2D eigenvalue weighted by atomic mass is 32.1. The van der Waals surface area contributed by atoms with Crippen LogP contribution in [0.1, 0.15) is 16.3 Å². The predicted octanol–water partition coefficient (Wildman–Crippen LogP) is 4.50. The van der Waals surface area contributed by atoms with Crippen molar-refractivity contribution < 1.29 is 13.9 Å². The van der Waals surface area contributed by atoms with Gasteiger partial charge in [-0.2, -0.15) is 0 Å². The first-order valence-electron chi connectivity index (χ1n) is 8.25. The summed E-state index contributed by atoms with van der Waals surface area (Å²) in [6, 6.07) is 14.1. The molecule has 0 bridgehead atoms. The number of aromatic nitrogens is 1. The van der Waals surface area contributed by atoms with E-state index in [-0.39, 0.29) is 5.82 Å². The highest BCUT2D eigenvalue weighted by molar-refractivity contribution is 7.09. The predicted molar refractivity (Wildman–Crippen MR) is 101 cm³/mol. The van der Waals surface area contributed by atoms with Gasteiger partial charge < -0.3 is 9.47 Å². The molecule has 0 atom stereocenters. The zero-order chi connectivity index (χ0) is 18.4. The summed E-state index contributed by atoms with van der Waals surface area (Å²) >= 11 is 1.57. The summed E-state index contributed by atoms with van der Waals surface area (Å²) in [4.78, 5) is 6.81. The third kappa shape index (κ3) is 5.28. The van der Waals surface area contributed by atoms with Gasteiger partial charge in [-0.1, -0.05) is 12.1 Å². The van der Waals surface area contributed by atoms with E-state index in [1.165, 1.54) is 17.7 Å². The number of hydrogen-bond acceptors (Lipinski definition) is 5. The molecule has 2 aromatic carbocycles. The Morgan fingerprint density at radius 2 is 1.88 bits per heavy atom. The fourth-order valence-electron chi connectivity index (χ4n) is 2.58. The minimum Gasteiger partial charge on any atom is -0.497 e. The number of nitrogens with zero attached hydrogens (tertiary/aromatic N) is 2. The first kappa shape index (κ1) is 18.4. The van der Waals surface area contributed by atoms with Gasteiger partial charge in [0, 0.05) is 18.5 Å². The maximum Gasteiger partial charge on any atom is 0.140 e. The second-order valence-electron chi connectivity index (χ2n) is 6.00. The van der Waals surface area contributed by atoms with Gasteiger partial charge >= 0.3 is 0 Å². The molecule has 6 heteroatoms. The van der Waals surface area contributed by atoms with Crippen LogP contribution in [0.15, 0.2) is 53.9 Å². The third-order valence-electron chi connectivity index (χ3n) is 3.79. The van der Waals surface area contributed by atoms with Crippen LogP contribution in [0.4, 0.5) is 4.39 Å². The van der Waals surface area contributed by atoms with Crippen molar-refractivity contribution in [2.75, 3.05) is 14.2 Å². The van der Waals surface area contributed by atoms with E-state index < -0.39 is 0 Å². The molecule has 0 N–H and O–H groups in total. The van der Waals surface area contributed by atoms with Crippen LogP contribution in [-0.2, 0) is 19.7 Å². The SMILES string of the molecule is COc1cccc(CN(C)Cc2csc(COc3ccc(F)cc3)n2)c1. The molecule has 0 aliphatic rings. The normalized spacial score (nSPS) is 10.9. The van der Waals surface area contributed by atoms with Crippen molar-refractivity contribution >= 4 is 11.3 Å². The largest absolute Gasteiger partial charge is 0.497 e. The van der Waals surface area contributed by atoms with E-state index in [1.807, 2.05) is 23.6 Å². The molecule has 136 valence electrons. The minimum absolute atomic E-state index is 0.270. The summed E-state index contributed by atoms with van der Waals surface area (Å²) in [5.41, 5.74) is 2.21. The summed E-state index contributed by atoms with van der Waals surface area (Å²) in [6.45, 7) is 1.95. The van der Waals surface area contributed by atoms with Gasteiger partial charge in [0.05, 0.1) is 12.8 Å². The average Bonchev–Trinajstić information content (AvgIpc) is 3.08. The molecule has 0 fully saturated rings. The number of rotatable bonds is 8. The molecule has 4 nitrogen and oxygen atoms in total. The van der Waals surface area contributed by atoms with Crippen molar-refractivity contribution in [3.8, 4) is 11.5 Å². The zero-order valence-electron chi connectivity index (χ0n) is 14.8. The molecule has 1 heterocycles. The van der Waals surface area contributed by atoms with Crippen LogP contribution in [0.25, 0.3) is 0 Å². The maximum atomic E-state index is 12.9. The summed E-state index contributed by atoms with van der Waals surface area (Å²) in [5, 5.41) is 2.95. The van der Waals surface area contributed by atoms with E-state index in [4.69, 9.17) is 9.47 Å². The molecule has 0 amide bonds. The van der Waals surface area contributed by atoms with Crippen LogP contribution < -0.4 is 9.47 Å². The topological polar surface area (TPSA) is 34.6 Å². The van der Waals surface area contributed by atoms with Gasteiger partial charge in [0.2, 0.25) is 0 Å². The molecule has 0 unspecified atom stereocenters. The molecule has 0 saturated heterocycles. The second-order valence-corrected chi connectivity index (χ2v) is 6.94. The fraction of sp³-hybridized carbons (Fsp3) is 0.250. The Bertz CT molecular complexity index is 836. The second kappa shape index (κ2) is 8.78. The Morgan fingerprint density at radius 3 is 2.65 bits per heavy atom. The first-order chi connectivity index (χ1) is 12.6. The van der Waals surface area contributed by atoms with E-state index >= 15 is 0 Å². The van der Waals surface area contributed by atoms with Gasteiger partial charge in [0.15, 0.2) is 0 Å². The molecule has 0 spiro atoms. The minimum atomic E-state index is -0.270. The molecule has 1 aromatic heterocycles. The van der Waals surface area contributed by atoms with E-state index in [0.717, 1.165) is 29.5 Å². The van der Waals surface area contributed by atoms with Crippen molar-refractivity contribution in [3.05, 3.63) is 76.0 Å². The van der Waals surface area contributed by atoms with E-state index in [2.05, 4.69) is 23.0 Å². The van der Waals surface area contributed by atoms with Crippen LogP contribution in [0.3, 0.4) is 0 Å². The van der Waals surface area contributed by atoms with E-state index in [9.17, 15) is 4.39 Å². The third-order valence-corrected chi connectivity index (χ3v) is 4.66. The van der Waals surface area contributed by atoms with Crippen LogP contribution in [0.2, 0.25) is 0 Å². The molecule has 0 aliphatic carbocycles. The summed E-state index contributed by atoms with van der Waals surface area (Å²) in [5.74, 6) is 1.23. The smallest absolute Gasteiger partial charge is 0.140 e. The Balaban J connectivity index is 1.51. The summed E-state index contributed by atoms with van der Waals surface area (Å²) in [7, 11) is 3.74. The van der Waals surface area contributed by atoms with Crippen molar-refractivity contribution in [3.63, 3.8) is 0 Å². The van der Waals surface area contributed by atoms with Gasteiger partial charge in [-0.05, 0) is 49.0 Å². The van der Waals surface area contributed by atoms with Crippen LogP contribution in [0, 0.1) is 5.82 Å². The number of benzene rings is 2. The first-order valence-corrected chi connectivity index (χ1v) is 9.13. The Kier molecular flexibility index (Phi) is 6.20. The van der Waals surface area contributed by atoms with Crippen LogP contribution in [0.5, 0.6) is 11.5 Å². The van der Waals surface area contributed by atoms with Crippen molar-refractivity contribution in [2.45, 2.75) is 19.7 Å². The fourth-order valence-corrected chi connectivity index (χ4v) is 3.27. The average molecular weight is 372 g/mol. The molecular formula is C20H21FN2O2S. The van der Waals surface area contributed by atoms with Gasteiger partial charge in [-0.15, -0.1) is 11.3 Å². The van der Waals surface area contributed by atoms with Crippen LogP contribution in [-0.4, -0.2) is 24.0 Å². The molecule has 0 radical (unpaired) electrons. The number of thiazole rings is 1. The van der Waals surface area contributed by atoms with Gasteiger partial charge in [0.25, 0.3) is 0 Å². The van der Waals surface area contributed by atoms with E-state index in [0.29, 0.717) is 12.4 Å². The number of methoxy groups -OCH3 is 1. The van der Waals surface area contributed by atoms with Crippen molar-refractivity contribution in [1.29, 1.82) is 0 Å². The Labute approximate surface area is 156 Å². The monoisotopic (exact) mass is 372 g/mol. The molecule has 0 saturated carbocycles. The number of halogens is 1. The number of hydrogen-bond donors (Lipinski definition) is 0. The lowest BCUT2D eigenvalue weighted by Gasteiger charge is -2.15. The highest BCUT2D eigenvalue weighted by Crippen LogP contribution is 2.18. The quantitative estimate of drug-likeness (QED) is 0.583. The molecule has 3 rings (SSSR count). The van der Waals surface area contributed by atoms with Gasteiger partial charge in [0.1, 0.15) is 28.9 Å². The van der Waals surface area contributed by atoms with Crippen molar-refractivity contribution in [2.24, 2.45) is 0 Å². The Hall–Kier alpha value is -2.44. The molecule has 3 aromatic rings. The summed E-state index contributed by atoms with van der Waals surface area (Å²) in [6.07, 6.45) is 0. The Morgan fingerprint density at radius 1 is 1.08 bits per heavy atom. The number of ether oxygens (including phenoxy) is 2. The van der Waals surface area contributed by atoms with Crippen molar-refractivity contribution in [1.82, 2.24) is 9.88 Å². The lowest BCUT2D eigenvalue weighted by atomic mass is 10.2. The molecule has 0 aliphatic heterocycles. The zero-order valence-corrected chi connectivity index (χ0v) is 15.6.